The van der Waals surface area contributed by atoms with E-state index in [0.717, 1.165) is 43.5 Å². The molecule has 0 spiro atoms. The zero-order chi connectivity index (χ0) is 17.3. The van der Waals surface area contributed by atoms with Gasteiger partial charge in [-0.2, -0.15) is 0 Å². The van der Waals surface area contributed by atoms with E-state index in [-0.39, 0.29) is 0 Å². The van der Waals surface area contributed by atoms with E-state index in [9.17, 15) is 5.11 Å². The highest BCUT2D eigenvalue weighted by Gasteiger charge is 2.47. The summed E-state index contributed by atoms with van der Waals surface area (Å²) in [5.41, 5.74) is 1.35. The molecule has 0 saturated carbocycles. The molecule has 1 N–H and O–H groups in total. The van der Waals surface area contributed by atoms with Gasteiger partial charge in [0.2, 0.25) is 0 Å². The molecule has 0 amide bonds. The molecule has 2 unspecified atom stereocenters. The van der Waals surface area contributed by atoms with Crippen LogP contribution in [-0.2, 0) is 12.1 Å². The Hall–Kier alpha value is -1.91. The summed E-state index contributed by atoms with van der Waals surface area (Å²) >= 11 is 0. The minimum absolute atomic E-state index is 0.405. The lowest BCUT2D eigenvalue weighted by Gasteiger charge is -2.52. The topological polar surface area (TPSA) is 45.6 Å². The second-order valence-corrected chi connectivity index (χ2v) is 7.41. The van der Waals surface area contributed by atoms with Crippen LogP contribution >= 0.6 is 0 Å². The average molecular weight is 338 g/mol. The molecular weight excluding hydrogens is 312 g/mol. The van der Waals surface area contributed by atoms with Crippen molar-refractivity contribution < 1.29 is 9.84 Å². The first kappa shape index (κ1) is 16.6. The average Bonchev–Trinajstić information content (AvgIpc) is 2.63. The van der Waals surface area contributed by atoms with Crippen LogP contribution in [0.4, 0.5) is 0 Å². The summed E-state index contributed by atoms with van der Waals surface area (Å²) in [6.45, 7) is 0.969. The molecule has 2 bridgehead atoms. The number of hydrogen-bond donors (Lipinski definition) is 1. The summed E-state index contributed by atoms with van der Waals surface area (Å²) in [5, 5.41) is 11.5. The molecule has 1 aromatic carbocycles. The van der Waals surface area contributed by atoms with Crippen LogP contribution < -0.4 is 4.74 Å². The van der Waals surface area contributed by atoms with Crippen LogP contribution in [0.15, 0.2) is 48.8 Å². The molecule has 2 atom stereocenters. The van der Waals surface area contributed by atoms with Gasteiger partial charge in [-0.15, -0.1) is 0 Å². The quantitative estimate of drug-likeness (QED) is 0.927. The summed E-state index contributed by atoms with van der Waals surface area (Å²) in [4.78, 5) is 6.85. The molecule has 132 valence electrons. The maximum absolute atomic E-state index is 11.5. The predicted molar refractivity (Wildman–Crippen MR) is 97.3 cm³/mol. The molecule has 25 heavy (non-hydrogen) atoms. The Morgan fingerprint density at radius 1 is 1.16 bits per heavy atom. The third kappa shape index (κ3) is 3.16. The van der Waals surface area contributed by atoms with Crippen LogP contribution in [0.1, 0.15) is 43.2 Å². The highest BCUT2D eigenvalue weighted by atomic mass is 16.5. The van der Waals surface area contributed by atoms with Gasteiger partial charge in [-0.1, -0.05) is 36.8 Å². The van der Waals surface area contributed by atoms with Gasteiger partial charge in [0.1, 0.15) is 5.75 Å². The van der Waals surface area contributed by atoms with Crippen molar-refractivity contribution in [2.75, 3.05) is 7.11 Å². The van der Waals surface area contributed by atoms with E-state index in [1.165, 1.54) is 12.0 Å². The third-order valence-electron chi connectivity index (χ3n) is 5.87. The van der Waals surface area contributed by atoms with Gasteiger partial charge < -0.3 is 9.84 Å². The van der Waals surface area contributed by atoms with Crippen LogP contribution in [0, 0.1) is 0 Å². The van der Waals surface area contributed by atoms with E-state index in [1.807, 2.05) is 6.07 Å². The lowest BCUT2D eigenvalue weighted by molar-refractivity contribution is -0.101. The first-order chi connectivity index (χ1) is 12.2. The molecule has 2 saturated heterocycles. The van der Waals surface area contributed by atoms with Crippen molar-refractivity contribution >= 4 is 0 Å². The second-order valence-electron chi connectivity index (χ2n) is 7.41. The molecule has 4 nitrogen and oxygen atoms in total. The number of nitrogens with zero attached hydrogens (tertiary/aromatic N) is 2. The number of methoxy groups -OCH3 is 1. The molecular formula is C21H26N2O2. The van der Waals surface area contributed by atoms with Crippen LogP contribution in [0.25, 0.3) is 0 Å². The highest BCUT2D eigenvalue weighted by molar-refractivity contribution is 5.36. The molecule has 2 aromatic rings. The van der Waals surface area contributed by atoms with Crippen molar-refractivity contribution in [1.29, 1.82) is 0 Å². The number of pyridine rings is 1. The zero-order valence-electron chi connectivity index (χ0n) is 14.8. The number of hydrogen-bond acceptors (Lipinski definition) is 4. The van der Waals surface area contributed by atoms with Crippen molar-refractivity contribution in [3.8, 4) is 5.75 Å². The molecule has 3 heterocycles. The van der Waals surface area contributed by atoms with E-state index in [2.05, 4.69) is 40.2 Å². The predicted octanol–water partition coefficient (Wildman–Crippen LogP) is 3.49. The van der Waals surface area contributed by atoms with Crippen molar-refractivity contribution in [3.63, 3.8) is 0 Å². The molecule has 2 fully saturated rings. The van der Waals surface area contributed by atoms with Crippen molar-refractivity contribution in [3.05, 3.63) is 59.9 Å². The summed E-state index contributed by atoms with van der Waals surface area (Å²) in [6, 6.07) is 13.3. The summed E-state index contributed by atoms with van der Waals surface area (Å²) in [7, 11) is 1.66. The Kier molecular flexibility index (Phi) is 4.48. The Bertz CT molecular complexity index is 705. The number of fused-ring (bicyclic) bond motifs is 2. The van der Waals surface area contributed by atoms with E-state index in [4.69, 9.17) is 4.74 Å². The van der Waals surface area contributed by atoms with Gasteiger partial charge in [-0.05, 0) is 37.3 Å². The lowest BCUT2D eigenvalue weighted by atomic mass is 9.72. The van der Waals surface area contributed by atoms with Crippen LogP contribution in [-0.4, -0.2) is 34.2 Å². The smallest absolute Gasteiger partial charge is 0.128 e. The van der Waals surface area contributed by atoms with Gasteiger partial charge in [0.15, 0.2) is 0 Å². The fourth-order valence-corrected chi connectivity index (χ4v) is 4.70. The fourth-order valence-electron chi connectivity index (χ4n) is 4.70. The molecule has 4 rings (SSSR count). The Labute approximate surface area is 149 Å². The number of benzene rings is 1. The molecule has 2 aliphatic rings. The SMILES string of the molecule is COc1ccncc1C1(O)CC2CCCC(C1)N2Cc1ccccc1. The zero-order valence-corrected chi connectivity index (χ0v) is 14.8. The summed E-state index contributed by atoms with van der Waals surface area (Å²) in [5.74, 6) is 0.743. The number of piperidine rings is 2. The maximum Gasteiger partial charge on any atom is 0.128 e. The Morgan fingerprint density at radius 2 is 1.88 bits per heavy atom. The van der Waals surface area contributed by atoms with Crippen LogP contribution in [0.5, 0.6) is 5.75 Å². The normalized spacial score (nSPS) is 29.4. The fraction of sp³-hybridized carbons (Fsp3) is 0.476. The van der Waals surface area contributed by atoms with Gasteiger partial charge in [0.25, 0.3) is 0 Å². The lowest BCUT2D eigenvalue weighted by Crippen LogP contribution is -2.56. The monoisotopic (exact) mass is 338 g/mol. The summed E-state index contributed by atoms with van der Waals surface area (Å²) < 4.78 is 5.49. The standard InChI is InChI=1S/C21H26N2O2/c1-25-20-10-11-22-14-19(20)21(24)12-17-8-5-9-18(13-21)23(17)15-16-6-3-2-4-7-16/h2-4,6-7,10-11,14,17-18,24H,5,8-9,12-13,15H2,1H3. The minimum Gasteiger partial charge on any atom is -0.496 e. The van der Waals surface area contributed by atoms with Crippen molar-refractivity contribution in [1.82, 2.24) is 9.88 Å². The van der Waals surface area contributed by atoms with Crippen LogP contribution in [0.2, 0.25) is 0 Å². The van der Waals surface area contributed by atoms with Gasteiger partial charge in [-0.25, -0.2) is 0 Å². The van der Waals surface area contributed by atoms with E-state index >= 15 is 0 Å². The number of aromatic nitrogens is 1. The Morgan fingerprint density at radius 3 is 2.56 bits per heavy atom. The van der Waals surface area contributed by atoms with E-state index < -0.39 is 5.60 Å². The van der Waals surface area contributed by atoms with Gasteiger partial charge in [0, 0.05) is 36.6 Å². The van der Waals surface area contributed by atoms with Gasteiger partial charge >= 0.3 is 0 Å². The highest BCUT2D eigenvalue weighted by Crippen LogP contribution is 2.46. The number of aliphatic hydroxyl groups is 1. The molecule has 2 aliphatic heterocycles. The van der Waals surface area contributed by atoms with Crippen molar-refractivity contribution in [2.45, 2.75) is 56.3 Å². The maximum atomic E-state index is 11.5. The molecule has 1 aromatic heterocycles. The first-order valence-corrected chi connectivity index (χ1v) is 9.20. The first-order valence-electron chi connectivity index (χ1n) is 9.20. The van der Waals surface area contributed by atoms with Gasteiger partial charge in [0.05, 0.1) is 12.7 Å². The second kappa shape index (κ2) is 6.77. The molecule has 0 radical (unpaired) electrons. The molecule has 4 heteroatoms. The number of rotatable bonds is 4. The van der Waals surface area contributed by atoms with Crippen LogP contribution in [0.3, 0.4) is 0 Å². The molecule has 0 aliphatic carbocycles. The summed E-state index contributed by atoms with van der Waals surface area (Å²) in [6.07, 6.45) is 8.54. The third-order valence-corrected chi connectivity index (χ3v) is 5.87. The minimum atomic E-state index is -0.845. The van der Waals surface area contributed by atoms with Crippen molar-refractivity contribution in [2.24, 2.45) is 0 Å². The largest absolute Gasteiger partial charge is 0.496 e. The van der Waals surface area contributed by atoms with E-state index in [0.29, 0.717) is 12.1 Å². The number of ether oxygens (including phenoxy) is 1. The van der Waals surface area contributed by atoms with Gasteiger partial charge in [-0.3, -0.25) is 9.88 Å². The van der Waals surface area contributed by atoms with E-state index in [1.54, 1.807) is 19.5 Å². The Balaban J connectivity index is 1.60.